The van der Waals surface area contributed by atoms with E-state index in [1.54, 1.807) is 36.4 Å². The summed E-state index contributed by atoms with van der Waals surface area (Å²) in [6.07, 6.45) is 1.52. The highest BCUT2D eigenvalue weighted by atomic mass is 35.5. The standard InChI is InChI=1S/C27H22ClFN2O5S/c1-16-6-3-4-9-21(16)30-25(32)14-31-26(33)24(37-27(31)34)13-17-10-11-22(35-2)23(12-17)36-15-18-19(28)7-5-8-20(18)29/h3-13H,14-15H2,1-2H3,(H,30,32)/b24-13+. The molecule has 0 radical (unpaired) electrons. The van der Waals surface area contributed by atoms with Gasteiger partial charge in [0.2, 0.25) is 5.91 Å². The zero-order valence-electron chi connectivity index (χ0n) is 19.9. The molecule has 3 amide bonds. The Kier molecular flexibility index (Phi) is 8.15. The molecule has 0 atom stereocenters. The summed E-state index contributed by atoms with van der Waals surface area (Å²) in [4.78, 5) is 38.9. The molecule has 0 unspecified atom stereocenters. The highest BCUT2D eigenvalue weighted by Crippen LogP contribution is 2.35. The maximum atomic E-state index is 14.1. The van der Waals surface area contributed by atoms with Crippen molar-refractivity contribution in [3.8, 4) is 11.5 Å². The first-order chi connectivity index (χ1) is 17.8. The number of carbonyl (C=O) groups is 3. The highest BCUT2D eigenvalue weighted by Gasteiger charge is 2.36. The molecule has 37 heavy (non-hydrogen) atoms. The molecule has 0 aliphatic carbocycles. The van der Waals surface area contributed by atoms with E-state index in [2.05, 4.69) is 5.32 Å². The van der Waals surface area contributed by atoms with Gasteiger partial charge >= 0.3 is 0 Å². The van der Waals surface area contributed by atoms with Gasteiger partial charge in [-0.3, -0.25) is 19.3 Å². The number of ether oxygens (including phenoxy) is 2. The van der Waals surface area contributed by atoms with Crippen molar-refractivity contribution in [2.45, 2.75) is 13.5 Å². The second-order valence-corrected chi connectivity index (χ2v) is 9.43. The Hall–Kier alpha value is -3.82. The van der Waals surface area contributed by atoms with Crippen molar-refractivity contribution in [2.75, 3.05) is 19.0 Å². The summed E-state index contributed by atoms with van der Waals surface area (Å²) in [5.74, 6) is -0.864. The number of aryl methyl sites for hydroxylation is 1. The molecule has 10 heteroatoms. The van der Waals surface area contributed by atoms with Crippen molar-refractivity contribution in [3.05, 3.63) is 93.1 Å². The molecule has 1 aliphatic rings. The Morgan fingerprint density at radius 1 is 1.11 bits per heavy atom. The fraction of sp³-hybridized carbons (Fsp3) is 0.148. The average molecular weight is 541 g/mol. The SMILES string of the molecule is COc1ccc(/C=C2/SC(=O)N(CC(=O)Nc3ccccc3C)C2=O)cc1OCc1c(F)cccc1Cl. The number of hydrogen-bond acceptors (Lipinski definition) is 6. The van der Waals surface area contributed by atoms with Gasteiger partial charge in [0.05, 0.1) is 17.0 Å². The van der Waals surface area contributed by atoms with Crippen molar-refractivity contribution < 1.29 is 28.2 Å². The Balaban J connectivity index is 1.48. The van der Waals surface area contributed by atoms with Gasteiger partial charge in [0.1, 0.15) is 19.0 Å². The second kappa shape index (κ2) is 11.5. The van der Waals surface area contributed by atoms with Crippen molar-refractivity contribution in [3.63, 3.8) is 0 Å². The van der Waals surface area contributed by atoms with E-state index in [9.17, 15) is 18.8 Å². The molecular weight excluding hydrogens is 519 g/mol. The van der Waals surface area contributed by atoms with Gasteiger partial charge in [0, 0.05) is 11.3 Å². The summed E-state index contributed by atoms with van der Waals surface area (Å²) >= 11 is 6.82. The number of imide groups is 1. The van der Waals surface area contributed by atoms with Crippen molar-refractivity contribution in [1.29, 1.82) is 0 Å². The van der Waals surface area contributed by atoms with Crippen LogP contribution in [-0.4, -0.2) is 35.6 Å². The molecule has 1 saturated heterocycles. The Bertz CT molecular complexity index is 1390. The smallest absolute Gasteiger partial charge is 0.294 e. The zero-order valence-corrected chi connectivity index (χ0v) is 21.5. The van der Waals surface area contributed by atoms with Gasteiger partial charge in [-0.05, 0) is 66.2 Å². The molecule has 0 spiro atoms. The average Bonchev–Trinajstić information content (AvgIpc) is 3.12. The maximum absolute atomic E-state index is 14.1. The molecule has 1 heterocycles. The number of benzene rings is 3. The van der Waals surface area contributed by atoms with Crippen LogP contribution in [0.1, 0.15) is 16.7 Å². The molecule has 190 valence electrons. The number of nitrogens with zero attached hydrogens (tertiary/aromatic N) is 1. The molecule has 7 nitrogen and oxygen atoms in total. The normalized spacial score (nSPS) is 14.3. The zero-order chi connectivity index (χ0) is 26.5. The van der Waals surface area contributed by atoms with Crippen LogP contribution in [0.3, 0.4) is 0 Å². The van der Waals surface area contributed by atoms with Gasteiger partial charge in [-0.1, -0.05) is 41.9 Å². The van der Waals surface area contributed by atoms with E-state index < -0.39 is 29.4 Å². The number of amides is 3. The third kappa shape index (κ3) is 6.12. The van der Waals surface area contributed by atoms with Crippen LogP contribution in [-0.2, 0) is 16.2 Å². The number of halogens is 2. The van der Waals surface area contributed by atoms with Crippen LogP contribution in [0.5, 0.6) is 11.5 Å². The van der Waals surface area contributed by atoms with Gasteiger partial charge in [-0.15, -0.1) is 0 Å². The fourth-order valence-electron chi connectivity index (χ4n) is 3.55. The molecule has 0 aromatic heterocycles. The second-order valence-electron chi connectivity index (χ2n) is 8.03. The third-order valence-corrected chi connectivity index (χ3v) is 6.78. The number of nitrogens with one attached hydrogen (secondary N) is 1. The molecule has 3 aromatic carbocycles. The number of rotatable bonds is 8. The minimum atomic E-state index is -0.577. The molecular formula is C27H22ClFN2O5S. The lowest BCUT2D eigenvalue weighted by Crippen LogP contribution is -2.36. The molecule has 1 aliphatic heterocycles. The van der Waals surface area contributed by atoms with Crippen LogP contribution in [0, 0.1) is 12.7 Å². The van der Waals surface area contributed by atoms with Crippen LogP contribution in [0.15, 0.2) is 65.6 Å². The lowest BCUT2D eigenvalue weighted by molar-refractivity contribution is -0.127. The number of methoxy groups -OCH3 is 1. The summed E-state index contributed by atoms with van der Waals surface area (Å²) in [7, 11) is 1.46. The van der Waals surface area contributed by atoms with Crippen LogP contribution in [0.2, 0.25) is 5.02 Å². The van der Waals surface area contributed by atoms with E-state index in [4.69, 9.17) is 21.1 Å². The monoisotopic (exact) mass is 540 g/mol. The molecule has 4 rings (SSSR count). The van der Waals surface area contributed by atoms with Gasteiger partial charge < -0.3 is 14.8 Å². The number of anilines is 1. The van der Waals surface area contributed by atoms with E-state index in [-0.39, 0.29) is 22.1 Å². The third-order valence-electron chi connectivity index (χ3n) is 5.51. The summed E-state index contributed by atoms with van der Waals surface area (Å²) in [6.45, 7) is 1.30. The quantitative estimate of drug-likeness (QED) is 0.350. The number of para-hydroxylation sites is 1. The molecule has 0 saturated carbocycles. The number of hydrogen-bond donors (Lipinski definition) is 1. The van der Waals surface area contributed by atoms with Gasteiger partial charge in [0.15, 0.2) is 11.5 Å². The summed E-state index contributed by atoms with van der Waals surface area (Å²) < 4.78 is 25.2. The van der Waals surface area contributed by atoms with Crippen LogP contribution < -0.4 is 14.8 Å². The Labute approximate surface area is 222 Å². The molecule has 1 fully saturated rings. The first-order valence-electron chi connectivity index (χ1n) is 11.1. The minimum absolute atomic E-state index is 0.141. The predicted molar refractivity (Wildman–Crippen MR) is 141 cm³/mol. The lowest BCUT2D eigenvalue weighted by atomic mass is 10.1. The Morgan fingerprint density at radius 3 is 2.62 bits per heavy atom. The van der Waals surface area contributed by atoms with E-state index in [1.165, 1.54) is 25.3 Å². The largest absolute Gasteiger partial charge is 0.493 e. The number of thioether (sulfide) groups is 1. The van der Waals surface area contributed by atoms with E-state index in [0.29, 0.717) is 22.7 Å². The predicted octanol–water partition coefficient (Wildman–Crippen LogP) is 6.05. The summed E-state index contributed by atoms with van der Waals surface area (Å²) in [5, 5.41) is 2.40. The van der Waals surface area contributed by atoms with Crippen molar-refractivity contribution >= 4 is 52.2 Å². The number of carbonyl (C=O) groups excluding carboxylic acids is 3. The van der Waals surface area contributed by atoms with E-state index >= 15 is 0 Å². The topological polar surface area (TPSA) is 84.9 Å². The van der Waals surface area contributed by atoms with Crippen LogP contribution in [0.4, 0.5) is 14.9 Å². The van der Waals surface area contributed by atoms with E-state index in [1.807, 2.05) is 19.1 Å². The molecule has 1 N–H and O–H groups in total. The van der Waals surface area contributed by atoms with Crippen molar-refractivity contribution in [2.24, 2.45) is 0 Å². The van der Waals surface area contributed by atoms with Gasteiger partial charge in [0.25, 0.3) is 11.1 Å². The molecule has 3 aromatic rings. The van der Waals surface area contributed by atoms with Crippen molar-refractivity contribution in [1.82, 2.24) is 4.90 Å². The summed E-state index contributed by atoms with van der Waals surface area (Å²) in [5.41, 5.74) is 2.21. The van der Waals surface area contributed by atoms with Crippen LogP contribution >= 0.6 is 23.4 Å². The fourth-order valence-corrected chi connectivity index (χ4v) is 4.61. The lowest BCUT2D eigenvalue weighted by Gasteiger charge is -2.14. The van der Waals surface area contributed by atoms with Crippen LogP contribution in [0.25, 0.3) is 6.08 Å². The first-order valence-corrected chi connectivity index (χ1v) is 12.3. The van der Waals surface area contributed by atoms with Gasteiger partial charge in [-0.25, -0.2) is 4.39 Å². The Morgan fingerprint density at radius 2 is 1.89 bits per heavy atom. The summed E-state index contributed by atoms with van der Waals surface area (Å²) in [6, 6.07) is 16.5. The van der Waals surface area contributed by atoms with Gasteiger partial charge in [-0.2, -0.15) is 0 Å². The van der Waals surface area contributed by atoms with E-state index in [0.717, 1.165) is 22.2 Å². The highest BCUT2D eigenvalue weighted by molar-refractivity contribution is 8.18. The maximum Gasteiger partial charge on any atom is 0.294 e. The minimum Gasteiger partial charge on any atom is -0.493 e. The first kappa shape index (κ1) is 26.2. The molecule has 0 bridgehead atoms.